The molecule has 112 valence electrons. The highest BCUT2D eigenvalue weighted by Crippen LogP contribution is 2.23. The fraction of sp³-hybridized carbons (Fsp3) is 0.0556. The van der Waals surface area contributed by atoms with Gasteiger partial charge in [0.25, 0.3) is 0 Å². The Morgan fingerprint density at radius 1 is 1.09 bits per heavy atom. The summed E-state index contributed by atoms with van der Waals surface area (Å²) in [4.78, 5) is 16.8. The number of hydrogen-bond acceptors (Lipinski definition) is 4. The molecule has 0 spiro atoms. The van der Waals surface area contributed by atoms with Gasteiger partial charge in [-0.25, -0.2) is 9.50 Å². The zero-order valence-electron chi connectivity index (χ0n) is 12.2. The van der Waals surface area contributed by atoms with Gasteiger partial charge in [-0.2, -0.15) is 5.10 Å². The SMILES string of the molecule is O=C(Cc1nc2c(-c3ccoc3)cccn2n1)c1ccccc1. The molecule has 0 amide bonds. The van der Waals surface area contributed by atoms with Gasteiger partial charge in [-0.3, -0.25) is 4.79 Å². The third-order valence-corrected chi connectivity index (χ3v) is 3.65. The van der Waals surface area contributed by atoms with Gasteiger partial charge in [0.15, 0.2) is 17.3 Å². The van der Waals surface area contributed by atoms with E-state index in [9.17, 15) is 4.79 Å². The van der Waals surface area contributed by atoms with E-state index >= 15 is 0 Å². The number of nitrogens with zero attached hydrogens (tertiary/aromatic N) is 3. The first-order valence-corrected chi connectivity index (χ1v) is 7.26. The largest absolute Gasteiger partial charge is 0.472 e. The number of carbonyl (C=O) groups excluding carboxylic acids is 1. The van der Waals surface area contributed by atoms with Gasteiger partial charge in [-0.05, 0) is 18.2 Å². The monoisotopic (exact) mass is 303 g/mol. The molecule has 5 heteroatoms. The predicted octanol–water partition coefficient (Wildman–Crippen LogP) is 3.41. The maximum atomic E-state index is 12.3. The number of furan rings is 1. The summed E-state index contributed by atoms with van der Waals surface area (Å²) in [5.74, 6) is 0.515. The molecule has 0 saturated heterocycles. The zero-order chi connectivity index (χ0) is 15.6. The Labute approximate surface area is 132 Å². The number of benzene rings is 1. The Bertz CT molecular complexity index is 957. The number of ketones is 1. The Balaban J connectivity index is 1.70. The van der Waals surface area contributed by atoms with E-state index in [1.165, 1.54) is 0 Å². The molecule has 0 unspecified atom stereocenters. The summed E-state index contributed by atoms with van der Waals surface area (Å²) in [5, 5.41) is 4.40. The Morgan fingerprint density at radius 3 is 2.74 bits per heavy atom. The number of fused-ring (bicyclic) bond motifs is 1. The zero-order valence-corrected chi connectivity index (χ0v) is 12.2. The van der Waals surface area contributed by atoms with Crippen molar-refractivity contribution in [1.82, 2.24) is 14.6 Å². The lowest BCUT2D eigenvalue weighted by molar-refractivity contribution is 0.0991. The molecular weight excluding hydrogens is 290 g/mol. The minimum atomic E-state index is 0.00590. The van der Waals surface area contributed by atoms with Crippen LogP contribution in [0.4, 0.5) is 0 Å². The van der Waals surface area contributed by atoms with E-state index in [2.05, 4.69) is 10.1 Å². The Kier molecular flexibility index (Phi) is 3.24. The molecule has 1 aromatic carbocycles. The first-order valence-electron chi connectivity index (χ1n) is 7.26. The molecular formula is C18H13N3O2. The first kappa shape index (κ1) is 13.5. The molecule has 0 aliphatic carbocycles. The quantitative estimate of drug-likeness (QED) is 0.542. The minimum Gasteiger partial charge on any atom is -0.472 e. The number of carbonyl (C=O) groups is 1. The van der Waals surface area contributed by atoms with Gasteiger partial charge in [0.2, 0.25) is 0 Å². The molecule has 23 heavy (non-hydrogen) atoms. The minimum absolute atomic E-state index is 0.00590. The highest BCUT2D eigenvalue weighted by Gasteiger charge is 2.14. The number of hydrogen-bond donors (Lipinski definition) is 0. The van der Waals surface area contributed by atoms with E-state index < -0.39 is 0 Å². The third kappa shape index (κ3) is 2.53. The van der Waals surface area contributed by atoms with E-state index in [4.69, 9.17) is 4.42 Å². The van der Waals surface area contributed by atoms with Crippen molar-refractivity contribution in [3.63, 3.8) is 0 Å². The molecule has 0 bridgehead atoms. The second-order valence-corrected chi connectivity index (χ2v) is 5.20. The van der Waals surface area contributed by atoms with Crippen molar-refractivity contribution in [2.75, 3.05) is 0 Å². The van der Waals surface area contributed by atoms with Crippen molar-refractivity contribution in [1.29, 1.82) is 0 Å². The van der Waals surface area contributed by atoms with E-state index in [1.54, 1.807) is 29.2 Å². The van der Waals surface area contributed by atoms with E-state index in [0.717, 1.165) is 11.1 Å². The molecule has 5 nitrogen and oxygen atoms in total. The van der Waals surface area contributed by atoms with Crippen LogP contribution < -0.4 is 0 Å². The summed E-state index contributed by atoms with van der Waals surface area (Å²) in [6.45, 7) is 0. The molecule has 0 fully saturated rings. The molecule has 0 N–H and O–H groups in total. The molecule has 3 aromatic heterocycles. The van der Waals surface area contributed by atoms with Crippen molar-refractivity contribution >= 4 is 11.4 Å². The van der Waals surface area contributed by atoms with Gasteiger partial charge in [-0.15, -0.1) is 0 Å². The maximum absolute atomic E-state index is 12.3. The molecule has 4 aromatic rings. The van der Waals surface area contributed by atoms with Gasteiger partial charge in [-0.1, -0.05) is 30.3 Å². The summed E-state index contributed by atoms with van der Waals surface area (Å²) in [5.41, 5.74) is 3.24. The van der Waals surface area contributed by atoms with Crippen LogP contribution in [0.1, 0.15) is 16.2 Å². The summed E-state index contributed by atoms with van der Waals surface area (Å²) in [6, 6.07) is 14.9. The molecule has 0 aliphatic heterocycles. The maximum Gasteiger partial charge on any atom is 0.170 e. The van der Waals surface area contributed by atoms with Gasteiger partial charge < -0.3 is 4.42 Å². The summed E-state index contributed by atoms with van der Waals surface area (Å²) in [6.07, 6.45) is 5.28. The smallest absolute Gasteiger partial charge is 0.170 e. The van der Waals surface area contributed by atoms with E-state index in [0.29, 0.717) is 17.0 Å². The van der Waals surface area contributed by atoms with E-state index in [-0.39, 0.29) is 12.2 Å². The van der Waals surface area contributed by atoms with Crippen LogP contribution in [0, 0.1) is 0 Å². The highest BCUT2D eigenvalue weighted by molar-refractivity contribution is 5.97. The molecule has 4 rings (SSSR count). The van der Waals surface area contributed by atoms with Crippen LogP contribution in [0.25, 0.3) is 16.8 Å². The molecule has 3 heterocycles. The number of Topliss-reactive ketones (excluding diaryl/α,β-unsaturated/α-hetero) is 1. The van der Waals surface area contributed by atoms with Crippen molar-refractivity contribution in [2.24, 2.45) is 0 Å². The fourth-order valence-electron chi connectivity index (χ4n) is 2.54. The van der Waals surface area contributed by atoms with Crippen molar-refractivity contribution in [3.05, 3.63) is 78.6 Å². The summed E-state index contributed by atoms with van der Waals surface area (Å²) >= 11 is 0. The van der Waals surface area contributed by atoms with Crippen LogP contribution in [0.5, 0.6) is 0 Å². The molecule has 0 aliphatic rings. The van der Waals surface area contributed by atoms with Crippen molar-refractivity contribution in [2.45, 2.75) is 6.42 Å². The Morgan fingerprint density at radius 2 is 1.96 bits per heavy atom. The average Bonchev–Trinajstić information content (AvgIpc) is 3.24. The second kappa shape index (κ2) is 5.53. The standard InChI is InChI=1S/C18H13N3O2/c22-16(13-5-2-1-3-6-13)11-17-19-18-15(14-8-10-23-12-14)7-4-9-21(18)20-17/h1-10,12H,11H2. The first-order chi connectivity index (χ1) is 11.3. The number of pyridine rings is 1. The molecule has 0 atom stereocenters. The summed E-state index contributed by atoms with van der Waals surface area (Å²) in [7, 11) is 0. The topological polar surface area (TPSA) is 60.4 Å². The second-order valence-electron chi connectivity index (χ2n) is 5.20. The average molecular weight is 303 g/mol. The summed E-state index contributed by atoms with van der Waals surface area (Å²) < 4.78 is 6.83. The van der Waals surface area contributed by atoms with Crippen LogP contribution in [-0.4, -0.2) is 20.4 Å². The lowest BCUT2D eigenvalue weighted by Crippen LogP contribution is -2.04. The normalized spacial score (nSPS) is 11.0. The van der Waals surface area contributed by atoms with Gasteiger partial charge in [0.05, 0.1) is 18.9 Å². The van der Waals surface area contributed by atoms with Gasteiger partial charge in [0, 0.05) is 22.9 Å². The molecule has 0 radical (unpaired) electrons. The van der Waals surface area contributed by atoms with Gasteiger partial charge in [0.1, 0.15) is 0 Å². The van der Waals surface area contributed by atoms with Crippen LogP contribution in [0.15, 0.2) is 71.7 Å². The Hall–Kier alpha value is -3.21. The van der Waals surface area contributed by atoms with E-state index in [1.807, 2.05) is 42.6 Å². The van der Waals surface area contributed by atoms with Crippen LogP contribution in [0.2, 0.25) is 0 Å². The number of rotatable bonds is 4. The van der Waals surface area contributed by atoms with Crippen LogP contribution in [-0.2, 0) is 6.42 Å². The van der Waals surface area contributed by atoms with Gasteiger partial charge >= 0.3 is 0 Å². The predicted molar refractivity (Wildman–Crippen MR) is 85.2 cm³/mol. The van der Waals surface area contributed by atoms with Crippen LogP contribution in [0.3, 0.4) is 0 Å². The molecule has 0 saturated carbocycles. The lowest BCUT2D eigenvalue weighted by atomic mass is 10.1. The van der Waals surface area contributed by atoms with Crippen LogP contribution >= 0.6 is 0 Å². The highest BCUT2D eigenvalue weighted by atomic mass is 16.3. The van der Waals surface area contributed by atoms with Crippen molar-refractivity contribution < 1.29 is 9.21 Å². The third-order valence-electron chi connectivity index (χ3n) is 3.65. The fourth-order valence-corrected chi connectivity index (χ4v) is 2.54. The number of aromatic nitrogens is 3. The van der Waals surface area contributed by atoms with Crippen molar-refractivity contribution in [3.8, 4) is 11.1 Å². The lowest BCUT2D eigenvalue weighted by Gasteiger charge is -1.97.